The molecular weight excluding hydrogens is 301 g/mol. The molecule has 2 rings (SSSR count). The van der Waals surface area contributed by atoms with Crippen molar-refractivity contribution < 1.29 is 13.3 Å². The Balaban J connectivity index is 2.28. The maximum Gasteiger partial charge on any atom is 0.128 e. The van der Waals surface area contributed by atoms with Crippen LogP contribution < -0.4 is 10.5 Å². The van der Waals surface area contributed by atoms with Gasteiger partial charge in [-0.15, -0.1) is 0 Å². The third-order valence-electron chi connectivity index (χ3n) is 2.77. The van der Waals surface area contributed by atoms with Gasteiger partial charge in [-0.05, 0) is 30.3 Å². The summed E-state index contributed by atoms with van der Waals surface area (Å²) in [5, 5.41) is 0.304. The smallest absolute Gasteiger partial charge is 0.128 e. The molecule has 2 aromatic carbocycles. The molecule has 0 aliphatic carbocycles. The molecule has 0 aliphatic rings. The van der Waals surface area contributed by atoms with E-state index in [1.54, 1.807) is 24.3 Å². The van der Waals surface area contributed by atoms with Crippen molar-refractivity contribution in [1.82, 2.24) is 0 Å². The van der Waals surface area contributed by atoms with Gasteiger partial charge in [-0.1, -0.05) is 17.7 Å². The minimum absolute atomic E-state index is 0.0281. The normalized spacial score (nSPS) is 12.2. The van der Waals surface area contributed by atoms with Crippen LogP contribution in [0.4, 0.5) is 10.1 Å². The number of ether oxygens (including phenoxy) is 1. The number of nitrogens with two attached hydrogens (primary N) is 1. The van der Waals surface area contributed by atoms with E-state index >= 15 is 0 Å². The molecule has 6 heteroatoms. The maximum absolute atomic E-state index is 13.7. The lowest BCUT2D eigenvalue weighted by molar-refractivity contribution is 0.413. The van der Waals surface area contributed by atoms with Crippen LogP contribution in [0.5, 0.6) is 5.75 Å². The molecule has 0 spiro atoms. The molecule has 2 aromatic rings. The van der Waals surface area contributed by atoms with Crippen LogP contribution in [0.1, 0.15) is 5.56 Å². The lowest BCUT2D eigenvalue weighted by Crippen LogP contribution is -2.03. The zero-order valence-corrected chi connectivity index (χ0v) is 12.3. The molecule has 106 valence electrons. The minimum Gasteiger partial charge on any atom is -0.497 e. The number of hydrogen-bond donors (Lipinski definition) is 1. The summed E-state index contributed by atoms with van der Waals surface area (Å²) in [5.74, 6) is 0.104. The van der Waals surface area contributed by atoms with E-state index in [-0.39, 0.29) is 5.75 Å². The Morgan fingerprint density at radius 1 is 1.30 bits per heavy atom. The Morgan fingerprint density at radius 2 is 2.05 bits per heavy atom. The van der Waals surface area contributed by atoms with Gasteiger partial charge < -0.3 is 10.5 Å². The summed E-state index contributed by atoms with van der Waals surface area (Å²) in [4.78, 5) is 0.429. The van der Waals surface area contributed by atoms with Crippen molar-refractivity contribution >= 4 is 28.1 Å². The second-order valence-corrected chi connectivity index (χ2v) is 5.99. The maximum atomic E-state index is 13.7. The van der Waals surface area contributed by atoms with Gasteiger partial charge in [-0.2, -0.15) is 0 Å². The molecule has 20 heavy (non-hydrogen) atoms. The lowest BCUT2D eigenvalue weighted by Gasteiger charge is -2.09. The molecule has 0 radical (unpaired) electrons. The van der Waals surface area contributed by atoms with Crippen LogP contribution in [0, 0.1) is 5.82 Å². The summed E-state index contributed by atoms with van der Waals surface area (Å²) in [6, 6.07) is 9.17. The molecule has 0 amide bonds. The van der Waals surface area contributed by atoms with Crippen molar-refractivity contribution in [2.45, 2.75) is 10.6 Å². The van der Waals surface area contributed by atoms with Crippen LogP contribution in [0.3, 0.4) is 0 Å². The molecule has 2 N–H and O–H groups in total. The van der Waals surface area contributed by atoms with Crippen molar-refractivity contribution in [1.29, 1.82) is 0 Å². The van der Waals surface area contributed by atoms with E-state index in [0.717, 1.165) is 0 Å². The van der Waals surface area contributed by atoms with Crippen LogP contribution in [0.15, 0.2) is 41.3 Å². The molecule has 0 aliphatic heterocycles. The standard InChI is InChI=1S/C14H13ClFNO2S/c1-19-11-4-5-13(17)14(7-11)20(18)8-9-2-3-10(15)6-12(9)16/h2-7H,8,17H2,1H3. The molecule has 0 heterocycles. The summed E-state index contributed by atoms with van der Waals surface area (Å²) < 4.78 is 31.1. The van der Waals surface area contributed by atoms with Crippen LogP contribution in [-0.4, -0.2) is 11.3 Å². The highest BCUT2D eigenvalue weighted by Crippen LogP contribution is 2.25. The average molecular weight is 314 g/mol. The molecular formula is C14H13ClFNO2S. The second-order valence-electron chi connectivity index (χ2n) is 4.13. The molecule has 0 saturated heterocycles. The van der Waals surface area contributed by atoms with Crippen molar-refractivity contribution in [2.24, 2.45) is 0 Å². The molecule has 0 aromatic heterocycles. The number of methoxy groups -OCH3 is 1. The van der Waals surface area contributed by atoms with Crippen molar-refractivity contribution in [3.8, 4) is 5.75 Å². The Morgan fingerprint density at radius 3 is 2.70 bits per heavy atom. The fourth-order valence-corrected chi connectivity index (χ4v) is 3.11. The Hall–Kier alpha value is -1.59. The zero-order chi connectivity index (χ0) is 14.7. The molecule has 3 nitrogen and oxygen atoms in total. The Labute approximate surface area is 124 Å². The quantitative estimate of drug-likeness (QED) is 0.880. The largest absolute Gasteiger partial charge is 0.497 e. The zero-order valence-electron chi connectivity index (χ0n) is 10.7. The van der Waals surface area contributed by atoms with E-state index in [0.29, 0.717) is 26.9 Å². The number of benzene rings is 2. The molecule has 0 bridgehead atoms. The van der Waals surface area contributed by atoms with Crippen molar-refractivity contribution in [2.75, 3.05) is 12.8 Å². The van der Waals surface area contributed by atoms with Gasteiger partial charge in [0, 0.05) is 16.3 Å². The van der Waals surface area contributed by atoms with Crippen LogP contribution in [-0.2, 0) is 16.6 Å². The second kappa shape index (κ2) is 6.24. The van der Waals surface area contributed by atoms with Gasteiger partial charge in [-0.3, -0.25) is 4.21 Å². The third kappa shape index (κ3) is 3.29. The number of halogens is 2. The van der Waals surface area contributed by atoms with Gasteiger partial charge >= 0.3 is 0 Å². The molecule has 1 atom stereocenters. The fourth-order valence-electron chi connectivity index (χ4n) is 1.70. The summed E-state index contributed by atoms with van der Waals surface area (Å²) in [5.41, 5.74) is 6.51. The van der Waals surface area contributed by atoms with Crippen molar-refractivity contribution in [3.63, 3.8) is 0 Å². The Bertz CT molecular complexity index is 664. The highest BCUT2D eigenvalue weighted by atomic mass is 35.5. The predicted octanol–water partition coefficient (Wildman–Crippen LogP) is 3.38. The molecule has 1 unspecified atom stereocenters. The third-order valence-corrected chi connectivity index (χ3v) is 4.42. The van der Waals surface area contributed by atoms with Gasteiger partial charge in [0.2, 0.25) is 0 Å². The van der Waals surface area contributed by atoms with Gasteiger partial charge in [0.15, 0.2) is 0 Å². The van der Waals surface area contributed by atoms with Crippen LogP contribution in [0.25, 0.3) is 0 Å². The van der Waals surface area contributed by atoms with Gasteiger partial charge in [0.25, 0.3) is 0 Å². The van der Waals surface area contributed by atoms with E-state index in [1.165, 1.54) is 19.2 Å². The average Bonchev–Trinajstić information content (AvgIpc) is 2.42. The van der Waals surface area contributed by atoms with E-state index in [2.05, 4.69) is 0 Å². The monoisotopic (exact) mass is 313 g/mol. The number of rotatable bonds is 4. The van der Waals surface area contributed by atoms with Crippen LogP contribution >= 0.6 is 11.6 Å². The fraction of sp³-hybridized carbons (Fsp3) is 0.143. The lowest BCUT2D eigenvalue weighted by atomic mass is 10.2. The topological polar surface area (TPSA) is 52.3 Å². The van der Waals surface area contributed by atoms with Crippen molar-refractivity contribution in [3.05, 3.63) is 52.8 Å². The molecule has 0 saturated carbocycles. The van der Waals surface area contributed by atoms with Crippen LogP contribution in [0.2, 0.25) is 5.02 Å². The summed E-state index contributed by atoms with van der Waals surface area (Å²) in [6.07, 6.45) is 0. The summed E-state index contributed by atoms with van der Waals surface area (Å²) in [6.45, 7) is 0. The Kier molecular flexibility index (Phi) is 4.62. The first kappa shape index (κ1) is 14.8. The molecule has 0 fully saturated rings. The first-order valence-electron chi connectivity index (χ1n) is 5.77. The van der Waals surface area contributed by atoms with Gasteiger partial charge in [0.1, 0.15) is 11.6 Å². The predicted molar refractivity (Wildman–Crippen MR) is 78.9 cm³/mol. The first-order valence-corrected chi connectivity index (χ1v) is 7.46. The van der Waals surface area contributed by atoms with Gasteiger partial charge in [-0.25, -0.2) is 4.39 Å². The minimum atomic E-state index is -1.46. The van der Waals surface area contributed by atoms with E-state index in [9.17, 15) is 8.60 Å². The van der Waals surface area contributed by atoms with E-state index < -0.39 is 16.6 Å². The number of nitrogen functional groups attached to an aromatic ring is 1. The van der Waals surface area contributed by atoms with E-state index in [4.69, 9.17) is 22.1 Å². The highest BCUT2D eigenvalue weighted by molar-refractivity contribution is 7.84. The summed E-state index contributed by atoms with van der Waals surface area (Å²) >= 11 is 5.68. The van der Waals surface area contributed by atoms with Gasteiger partial charge in [0.05, 0.1) is 28.6 Å². The number of hydrogen-bond acceptors (Lipinski definition) is 3. The van der Waals surface area contributed by atoms with E-state index in [1.807, 2.05) is 0 Å². The SMILES string of the molecule is COc1ccc(N)c(S(=O)Cc2ccc(Cl)cc2F)c1. The summed E-state index contributed by atoms with van der Waals surface area (Å²) in [7, 11) is 0.0482. The number of anilines is 1. The highest BCUT2D eigenvalue weighted by Gasteiger charge is 2.13. The first-order chi connectivity index (χ1) is 9.51.